The molecule has 2 heterocycles. The highest BCUT2D eigenvalue weighted by atomic mass is 35.5. The maximum atomic E-state index is 5.68. The molecule has 0 aliphatic carbocycles. The molecular formula is C11H17ClN4. The van der Waals surface area contributed by atoms with Gasteiger partial charge in [-0.25, -0.2) is 0 Å². The second kappa shape index (κ2) is 4.97. The smallest absolute Gasteiger partial charge is 0.151 e. The highest BCUT2D eigenvalue weighted by molar-refractivity contribution is 6.29. The number of anilines is 1. The Kier molecular flexibility index (Phi) is 3.61. The predicted octanol–water partition coefficient (Wildman–Crippen LogP) is 1.93. The molecule has 0 amide bonds. The molecule has 0 bridgehead atoms. The molecule has 4 nitrogen and oxygen atoms in total. The van der Waals surface area contributed by atoms with Crippen molar-refractivity contribution < 1.29 is 0 Å². The zero-order valence-corrected chi connectivity index (χ0v) is 10.2. The average molecular weight is 241 g/mol. The number of piperidine rings is 1. The van der Waals surface area contributed by atoms with E-state index in [-0.39, 0.29) is 0 Å². The van der Waals surface area contributed by atoms with Gasteiger partial charge in [0.25, 0.3) is 0 Å². The Balaban J connectivity index is 1.88. The Morgan fingerprint density at radius 2 is 2.12 bits per heavy atom. The van der Waals surface area contributed by atoms with Crippen LogP contribution in [0.3, 0.4) is 0 Å². The molecule has 0 unspecified atom stereocenters. The highest BCUT2D eigenvalue weighted by Gasteiger charge is 2.26. The lowest BCUT2D eigenvalue weighted by Gasteiger charge is -2.34. The second-order valence-electron chi connectivity index (χ2n) is 4.66. The molecule has 1 aliphatic heterocycles. The van der Waals surface area contributed by atoms with Crippen molar-refractivity contribution in [2.75, 3.05) is 25.0 Å². The van der Waals surface area contributed by atoms with Gasteiger partial charge in [-0.3, -0.25) is 0 Å². The number of rotatable bonds is 3. The summed E-state index contributed by atoms with van der Waals surface area (Å²) in [5.74, 6) is 0.796. The lowest BCUT2D eigenvalue weighted by molar-refractivity contribution is 0.247. The highest BCUT2D eigenvalue weighted by Crippen LogP contribution is 2.27. The van der Waals surface area contributed by atoms with Crippen molar-refractivity contribution in [2.24, 2.45) is 5.41 Å². The van der Waals surface area contributed by atoms with Gasteiger partial charge in [-0.1, -0.05) is 18.5 Å². The van der Waals surface area contributed by atoms with Crippen LogP contribution in [-0.2, 0) is 0 Å². The quantitative estimate of drug-likeness (QED) is 0.848. The first-order valence-electron chi connectivity index (χ1n) is 5.62. The molecule has 1 aromatic heterocycles. The molecule has 2 rings (SSSR count). The summed E-state index contributed by atoms with van der Waals surface area (Å²) in [6.07, 6.45) is 2.39. The summed E-state index contributed by atoms with van der Waals surface area (Å²) in [5.41, 5.74) is 0.354. The third kappa shape index (κ3) is 3.06. The van der Waals surface area contributed by atoms with Gasteiger partial charge in [0.15, 0.2) is 5.15 Å². The van der Waals surface area contributed by atoms with E-state index < -0.39 is 0 Å². The minimum absolute atomic E-state index is 0.354. The van der Waals surface area contributed by atoms with Gasteiger partial charge in [0.1, 0.15) is 5.82 Å². The van der Waals surface area contributed by atoms with Crippen LogP contribution in [0.15, 0.2) is 12.1 Å². The standard InChI is InChI=1S/C11H17ClN4/c1-11(4-6-13-7-5-11)8-14-10-3-2-9(12)15-16-10/h2-3,13H,4-8H2,1H3,(H,14,16). The lowest BCUT2D eigenvalue weighted by Crippen LogP contribution is -2.39. The van der Waals surface area contributed by atoms with Gasteiger partial charge in [-0.05, 0) is 43.5 Å². The largest absolute Gasteiger partial charge is 0.368 e. The van der Waals surface area contributed by atoms with Crippen molar-refractivity contribution in [1.82, 2.24) is 15.5 Å². The number of nitrogens with zero attached hydrogens (tertiary/aromatic N) is 2. The topological polar surface area (TPSA) is 49.8 Å². The number of halogens is 1. The van der Waals surface area contributed by atoms with Crippen LogP contribution in [0.2, 0.25) is 5.15 Å². The maximum Gasteiger partial charge on any atom is 0.151 e. The van der Waals surface area contributed by atoms with Crippen molar-refractivity contribution in [3.8, 4) is 0 Å². The van der Waals surface area contributed by atoms with Crippen molar-refractivity contribution in [2.45, 2.75) is 19.8 Å². The van der Waals surface area contributed by atoms with Crippen LogP contribution in [0, 0.1) is 5.41 Å². The zero-order valence-electron chi connectivity index (χ0n) is 9.46. The summed E-state index contributed by atoms with van der Waals surface area (Å²) in [4.78, 5) is 0. The maximum absolute atomic E-state index is 5.68. The molecule has 1 aromatic rings. The fourth-order valence-electron chi connectivity index (χ4n) is 1.92. The van der Waals surface area contributed by atoms with E-state index in [0.29, 0.717) is 10.6 Å². The molecule has 1 fully saturated rings. The van der Waals surface area contributed by atoms with Crippen LogP contribution in [-0.4, -0.2) is 29.8 Å². The summed E-state index contributed by atoms with van der Waals surface area (Å²) in [7, 11) is 0. The van der Waals surface area contributed by atoms with Gasteiger partial charge in [-0.15, -0.1) is 10.2 Å². The molecule has 0 spiro atoms. The molecule has 2 N–H and O–H groups in total. The second-order valence-corrected chi connectivity index (χ2v) is 5.04. The van der Waals surface area contributed by atoms with E-state index >= 15 is 0 Å². The third-order valence-electron chi connectivity index (χ3n) is 3.14. The zero-order chi connectivity index (χ0) is 11.4. The number of aromatic nitrogens is 2. The molecule has 88 valence electrons. The van der Waals surface area contributed by atoms with E-state index in [1.54, 1.807) is 6.07 Å². The van der Waals surface area contributed by atoms with E-state index in [1.165, 1.54) is 12.8 Å². The fourth-order valence-corrected chi connectivity index (χ4v) is 2.02. The summed E-state index contributed by atoms with van der Waals surface area (Å²) < 4.78 is 0. The molecule has 16 heavy (non-hydrogen) atoms. The van der Waals surface area contributed by atoms with Crippen LogP contribution in [0.1, 0.15) is 19.8 Å². The first kappa shape index (κ1) is 11.6. The van der Waals surface area contributed by atoms with Crippen LogP contribution in [0.4, 0.5) is 5.82 Å². The summed E-state index contributed by atoms with van der Waals surface area (Å²) >= 11 is 5.68. The Bertz CT molecular complexity index is 332. The van der Waals surface area contributed by atoms with Crippen molar-refractivity contribution in [1.29, 1.82) is 0 Å². The predicted molar refractivity (Wildman–Crippen MR) is 65.7 cm³/mol. The molecule has 1 saturated heterocycles. The van der Waals surface area contributed by atoms with Gasteiger partial charge in [0.2, 0.25) is 0 Å². The summed E-state index contributed by atoms with van der Waals surface area (Å²) in [6, 6.07) is 3.61. The average Bonchev–Trinajstić information content (AvgIpc) is 2.29. The Morgan fingerprint density at radius 1 is 1.38 bits per heavy atom. The van der Waals surface area contributed by atoms with Crippen LogP contribution >= 0.6 is 11.6 Å². The van der Waals surface area contributed by atoms with Gasteiger partial charge in [0.05, 0.1) is 0 Å². The van der Waals surface area contributed by atoms with E-state index in [4.69, 9.17) is 11.6 Å². The van der Waals surface area contributed by atoms with E-state index in [1.807, 2.05) is 6.07 Å². The molecule has 1 aliphatic rings. The normalized spacial score (nSPS) is 19.4. The summed E-state index contributed by atoms with van der Waals surface area (Å²) in [6.45, 7) is 5.45. The third-order valence-corrected chi connectivity index (χ3v) is 3.34. The molecule has 0 aromatic carbocycles. The minimum Gasteiger partial charge on any atom is -0.368 e. The van der Waals surface area contributed by atoms with Gasteiger partial charge in [-0.2, -0.15) is 0 Å². The fraction of sp³-hybridized carbons (Fsp3) is 0.636. The lowest BCUT2D eigenvalue weighted by atomic mass is 9.81. The molecular weight excluding hydrogens is 224 g/mol. The van der Waals surface area contributed by atoms with E-state index in [2.05, 4.69) is 27.8 Å². The van der Waals surface area contributed by atoms with Crippen molar-refractivity contribution >= 4 is 17.4 Å². The van der Waals surface area contributed by atoms with E-state index in [9.17, 15) is 0 Å². The first-order valence-corrected chi connectivity index (χ1v) is 6.00. The Labute approximate surface area is 101 Å². The Morgan fingerprint density at radius 3 is 2.75 bits per heavy atom. The van der Waals surface area contributed by atoms with Gasteiger partial charge < -0.3 is 10.6 Å². The Hall–Kier alpha value is -0.870. The van der Waals surface area contributed by atoms with Crippen LogP contribution < -0.4 is 10.6 Å². The number of hydrogen-bond donors (Lipinski definition) is 2. The van der Waals surface area contributed by atoms with Crippen molar-refractivity contribution in [3.05, 3.63) is 17.3 Å². The van der Waals surface area contributed by atoms with Gasteiger partial charge in [0, 0.05) is 6.54 Å². The van der Waals surface area contributed by atoms with E-state index in [0.717, 1.165) is 25.5 Å². The van der Waals surface area contributed by atoms with Crippen LogP contribution in [0.25, 0.3) is 0 Å². The SMILES string of the molecule is CC1(CNc2ccc(Cl)nn2)CCNCC1. The number of hydrogen-bond acceptors (Lipinski definition) is 4. The molecule has 0 saturated carbocycles. The minimum atomic E-state index is 0.354. The van der Waals surface area contributed by atoms with Crippen molar-refractivity contribution in [3.63, 3.8) is 0 Å². The molecule has 0 radical (unpaired) electrons. The van der Waals surface area contributed by atoms with Crippen LogP contribution in [0.5, 0.6) is 0 Å². The molecule has 5 heteroatoms. The molecule has 0 atom stereocenters. The number of nitrogens with one attached hydrogen (secondary N) is 2. The van der Waals surface area contributed by atoms with Gasteiger partial charge >= 0.3 is 0 Å². The monoisotopic (exact) mass is 240 g/mol. The first-order chi connectivity index (χ1) is 7.68. The summed E-state index contributed by atoms with van der Waals surface area (Å²) in [5, 5.41) is 14.9.